The number of aliphatic hydroxyl groups is 1. The van der Waals surface area contributed by atoms with Crippen LogP contribution >= 0.6 is 22.6 Å². The van der Waals surface area contributed by atoms with Crippen LogP contribution in [-0.2, 0) is 0 Å². The van der Waals surface area contributed by atoms with E-state index in [2.05, 4.69) is 22.6 Å². The normalized spacial score (nSPS) is 15.2. The van der Waals surface area contributed by atoms with Crippen LogP contribution in [0.3, 0.4) is 0 Å². The summed E-state index contributed by atoms with van der Waals surface area (Å²) in [5, 5.41) is 9.19. The van der Waals surface area contributed by atoms with Gasteiger partial charge in [0.25, 0.3) is 0 Å². The van der Waals surface area contributed by atoms with E-state index in [-0.39, 0.29) is 6.61 Å². The van der Waals surface area contributed by atoms with Crippen molar-refractivity contribution >= 4 is 28.2 Å². The van der Waals surface area contributed by atoms with Crippen LogP contribution in [0.4, 0.5) is 0 Å². The standard InChI is InChI=1S/C10H9IO2/c11-9-6-13-10-4-2-1-3-7(10)8(9)5-12/h1-4,12H,5-6H2. The summed E-state index contributed by atoms with van der Waals surface area (Å²) in [5.41, 5.74) is 2.00. The molecule has 0 amide bonds. The van der Waals surface area contributed by atoms with Gasteiger partial charge < -0.3 is 9.84 Å². The van der Waals surface area contributed by atoms with Gasteiger partial charge in [0.1, 0.15) is 12.4 Å². The smallest absolute Gasteiger partial charge is 0.127 e. The molecule has 0 aromatic heterocycles. The molecule has 3 heteroatoms. The second-order valence-electron chi connectivity index (χ2n) is 2.83. The van der Waals surface area contributed by atoms with Crippen molar-refractivity contribution in [3.63, 3.8) is 0 Å². The van der Waals surface area contributed by atoms with Crippen LogP contribution in [0.5, 0.6) is 5.75 Å². The van der Waals surface area contributed by atoms with Crippen LogP contribution < -0.4 is 4.74 Å². The molecule has 0 atom stereocenters. The average Bonchev–Trinajstić information content (AvgIpc) is 2.18. The predicted molar refractivity (Wildman–Crippen MR) is 60.0 cm³/mol. The molecule has 1 aromatic carbocycles. The molecule has 2 rings (SSSR count). The molecule has 1 aliphatic heterocycles. The summed E-state index contributed by atoms with van der Waals surface area (Å²) in [4.78, 5) is 0. The van der Waals surface area contributed by atoms with E-state index in [9.17, 15) is 5.11 Å². The van der Waals surface area contributed by atoms with Gasteiger partial charge in [-0.05, 0) is 28.7 Å². The average molecular weight is 288 g/mol. The highest BCUT2D eigenvalue weighted by molar-refractivity contribution is 14.1. The van der Waals surface area contributed by atoms with E-state index in [0.29, 0.717) is 6.61 Å². The maximum Gasteiger partial charge on any atom is 0.127 e. The first kappa shape index (κ1) is 9.02. The monoisotopic (exact) mass is 288 g/mol. The Morgan fingerprint density at radius 2 is 2.15 bits per heavy atom. The third-order valence-corrected chi connectivity index (χ3v) is 3.01. The Morgan fingerprint density at radius 3 is 2.92 bits per heavy atom. The molecular formula is C10H9IO2. The van der Waals surface area contributed by atoms with E-state index >= 15 is 0 Å². The molecule has 1 aromatic rings. The van der Waals surface area contributed by atoms with Gasteiger partial charge >= 0.3 is 0 Å². The van der Waals surface area contributed by atoms with Gasteiger partial charge in [0.05, 0.1) is 6.61 Å². The summed E-state index contributed by atoms with van der Waals surface area (Å²) in [6.45, 7) is 0.659. The van der Waals surface area contributed by atoms with Gasteiger partial charge in [-0.15, -0.1) is 0 Å². The minimum absolute atomic E-state index is 0.0820. The van der Waals surface area contributed by atoms with Crippen LogP contribution in [0.2, 0.25) is 0 Å². The second kappa shape index (κ2) is 3.67. The van der Waals surface area contributed by atoms with E-state index in [0.717, 1.165) is 20.5 Å². The number of aliphatic hydroxyl groups excluding tert-OH is 1. The summed E-state index contributed by atoms with van der Waals surface area (Å²) >= 11 is 2.21. The molecule has 0 aliphatic carbocycles. The van der Waals surface area contributed by atoms with Crippen molar-refractivity contribution in [2.75, 3.05) is 13.2 Å². The lowest BCUT2D eigenvalue weighted by molar-refractivity contribution is 0.332. The summed E-state index contributed by atoms with van der Waals surface area (Å²) in [5.74, 6) is 0.868. The molecular weight excluding hydrogens is 279 g/mol. The third-order valence-electron chi connectivity index (χ3n) is 2.05. The molecule has 0 saturated heterocycles. The van der Waals surface area contributed by atoms with Crippen molar-refractivity contribution < 1.29 is 9.84 Å². The number of benzene rings is 1. The van der Waals surface area contributed by atoms with E-state index in [1.54, 1.807) is 0 Å². The SMILES string of the molecule is OCC1=C(I)COc2ccccc21. The summed E-state index contributed by atoms with van der Waals surface area (Å²) < 4.78 is 6.57. The van der Waals surface area contributed by atoms with Gasteiger partial charge in [0, 0.05) is 14.7 Å². The largest absolute Gasteiger partial charge is 0.488 e. The molecule has 0 unspecified atom stereocenters. The Kier molecular flexibility index (Phi) is 2.55. The molecule has 0 fully saturated rings. The highest BCUT2D eigenvalue weighted by Crippen LogP contribution is 2.34. The maximum absolute atomic E-state index is 9.19. The summed E-state index contributed by atoms with van der Waals surface area (Å²) in [7, 11) is 0. The fourth-order valence-corrected chi connectivity index (χ4v) is 2.00. The van der Waals surface area contributed by atoms with Crippen molar-refractivity contribution in [1.29, 1.82) is 0 Å². The Bertz CT molecular complexity index is 358. The Labute approximate surface area is 90.4 Å². The molecule has 1 aliphatic rings. The quantitative estimate of drug-likeness (QED) is 0.803. The van der Waals surface area contributed by atoms with Gasteiger partial charge in [-0.25, -0.2) is 0 Å². The van der Waals surface area contributed by atoms with Crippen LogP contribution in [0.15, 0.2) is 27.8 Å². The number of hydrogen-bond donors (Lipinski definition) is 1. The number of halogens is 1. The molecule has 13 heavy (non-hydrogen) atoms. The van der Waals surface area contributed by atoms with Crippen molar-refractivity contribution in [2.24, 2.45) is 0 Å². The zero-order valence-corrected chi connectivity index (χ0v) is 9.11. The Morgan fingerprint density at radius 1 is 1.38 bits per heavy atom. The zero-order chi connectivity index (χ0) is 9.26. The van der Waals surface area contributed by atoms with E-state index in [4.69, 9.17) is 4.74 Å². The first-order valence-corrected chi connectivity index (χ1v) is 5.11. The summed E-state index contributed by atoms with van der Waals surface area (Å²) in [6, 6.07) is 7.78. The first-order valence-electron chi connectivity index (χ1n) is 4.03. The highest BCUT2D eigenvalue weighted by atomic mass is 127. The molecule has 0 radical (unpaired) electrons. The van der Waals surface area contributed by atoms with Gasteiger partial charge in [-0.2, -0.15) is 0 Å². The lowest BCUT2D eigenvalue weighted by Gasteiger charge is -2.19. The molecule has 0 bridgehead atoms. The van der Waals surface area contributed by atoms with E-state index < -0.39 is 0 Å². The molecule has 0 spiro atoms. The minimum Gasteiger partial charge on any atom is -0.488 e. The molecule has 68 valence electrons. The molecule has 1 heterocycles. The van der Waals surface area contributed by atoms with Crippen LogP contribution in [-0.4, -0.2) is 18.3 Å². The Hall–Kier alpha value is -0.550. The third kappa shape index (κ3) is 1.58. The van der Waals surface area contributed by atoms with Crippen molar-refractivity contribution in [1.82, 2.24) is 0 Å². The number of rotatable bonds is 1. The van der Waals surface area contributed by atoms with Crippen molar-refractivity contribution in [2.45, 2.75) is 0 Å². The topological polar surface area (TPSA) is 29.5 Å². The van der Waals surface area contributed by atoms with Crippen molar-refractivity contribution in [3.8, 4) is 5.75 Å². The van der Waals surface area contributed by atoms with Gasteiger partial charge in [-0.3, -0.25) is 0 Å². The van der Waals surface area contributed by atoms with Crippen molar-refractivity contribution in [3.05, 3.63) is 33.4 Å². The second-order valence-corrected chi connectivity index (χ2v) is 4.13. The van der Waals surface area contributed by atoms with E-state index in [1.807, 2.05) is 24.3 Å². The Balaban J connectivity index is 2.55. The molecule has 2 nitrogen and oxygen atoms in total. The van der Waals surface area contributed by atoms with Crippen LogP contribution in [0.25, 0.3) is 5.57 Å². The lowest BCUT2D eigenvalue weighted by Crippen LogP contribution is -2.09. The highest BCUT2D eigenvalue weighted by Gasteiger charge is 2.16. The fourth-order valence-electron chi connectivity index (χ4n) is 1.39. The number of fused-ring (bicyclic) bond motifs is 1. The number of ether oxygens (including phenoxy) is 1. The fraction of sp³-hybridized carbons (Fsp3) is 0.200. The zero-order valence-electron chi connectivity index (χ0n) is 6.96. The summed E-state index contributed by atoms with van der Waals surface area (Å²) in [6.07, 6.45) is 0. The molecule has 0 saturated carbocycles. The van der Waals surface area contributed by atoms with Gasteiger partial charge in [0.15, 0.2) is 0 Å². The lowest BCUT2D eigenvalue weighted by atomic mass is 10.0. The van der Waals surface area contributed by atoms with Crippen LogP contribution in [0, 0.1) is 0 Å². The van der Waals surface area contributed by atoms with Crippen LogP contribution in [0.1, 0.15) is 5.56 Å². The molecule has 1 N–H and O–H groups in total. The predicted octanol–water partition coefficient (Wildman–Crippen LogP) is 2.22. The number of para-hydroxylation sites is 1. The maximum atomic E-state index is 9.19. The minimum atomic E-state index is 0.0820. The number of hydrogen-bond acceptors (Lipinski definition) is 2. The van der Waals surface area contributed by atoms with Gasteiger partial charge in [0.2, 0.25) is 0 Å². The van der Waals surface area contributed by atoms with E-state index in [1.165, 1.54) is 0 Å². The first-order chi connectivity index (χ1) is 6.33. The van der Waals surface area contributed by atoms with Gasteiger partial charge in [-0.1, -0.05) is 18.2 Å².